The Labute approximate surface area is 190 Å². The van der Waals surface area contributed by atoms with E-state index in [4.69, 9.17) is 26.8 Å². The van der Waals surface area contributed by atoms with Gasteiger partial charge in [-0.3, -0.25) is 24.0 Å². The van der Waals surface area contributed by atoms with Gasteiger partial charge >= 0.3 is 17.9 Å². The molecule has 188 valence electrons. The Bertz CT molecular complexity index is 728. The van der Waals surface area contributed by atoms with E-state index in [1.165, 1.54) is 0 Å². The standard InChI is InChI=1S/C19H33N5O9/c1-9(2)15(24-16(29)10(21)5-3-4-6-20)18(31)22-11(7-13(25)26)17(30)23-12(19(32)33)8-14(27)28/h9-12,15H,3-8,20-21H2,1-2H3,(H,22,31)(H,23,30)(H,24,29)(H,25,26)(H,27,28)(H,32,33). The molecule has 0 aliphatic heterocycles. The lowest BCUT2D eigenvalue weighted by Gasteiger charge is -2.26. The number of nitrogens with two attached hydrogens (primary N) is 2. The van der Waals surface area contributed by atoms with E-state index in [9.17, 15) is 28.8 Å². The summed E-state index contributed by atoms with van der Waals surface area (Å²) in [6.07, 6.45) is -0.263. The minimum Gasteiger partial charge on any atom is -0.481 e. The number of rotatable bonds is 16. The molecule has 0 aromatic heterocycles. The van der Waals surface area contributed by atoms with Gasteiger partial charge in [0, 0.05) is 0 Å². The topological polar surface area (TPSA) is 251 Å². The molecular formula is C19H33N5O9. The van der Waals surface area contributed by atoms with Gasteiger partial charge in [-0.05, 0) is 25.3 Å². The minimum atomic E-state index is -1.84. The Balaban J connectivity index is 5.38. The third-order valence-electron chi connectivity index (χ3n) is 4.56. The first-order chi connectivity index (χ1) is 15.3. The fourth-order valence-electron chi connectivity index (χ4n) is 2.73. The highest BCUT2D eigenvalue weighted by molar-refractivity contribution is 5.96. The van der Waals surface area contributed by atoms with Gasteiger partial charge in [0.1, 0.15) is 18.1 Å². The molecule has 33 heavy (non-hydrogen) atoms. The van der Waals surface area contributed by atoms with E-state index in [0.29, 0.717) is 25.8 Å². The van der Waals surface area contributed by atoms with Crippen LogP contribution >= 0.6 is 0 Å². The van der Waals surface area contributed by atoms with E-state index in [-0.39, 0.29) is 0 Å². The zero-order chi connectivity index (χ0) is 25.7. The smallest absolute Gasteiger partial charge is 0.326 e. The van der Waals surface area contributed by atoms with Crippen molar-refractivity contribution in [2.75, 3.05) is 6.54 Å². The van der Waals surface area contributed by atoms with Crippen molar-refractivity contribution in [2.24, 2.45) is 17.4 Å². The quantitative estimate of drug-likeness (QED) is 0.109. The van der Waals surface area contributed by atoms with Crippen LogP contribution in [0.1, 0.15) is 46.0 Å². The number of nitrogens with one attached hydrogen (secondary N) is 3. The molecule has 0 aliphatic carbocycles. The average molecular weight is 475 g/mol. The van der Waals surface area contributed by atoms with Gasteiger partial charge in [-0.2, -0.15) is 0 Å². The molecule has 4 atom stereocenters. The largest absolute Gasteiger partial charge is 0.481 e. The minimum absolute atomic E-state index is 0.333. The number of carboxylic acids is 3. The van der Waals surface area contributed by atoms with Crippen molar-refractivity contribution in [2.45, 2.75) is 70.1 Å². The summed E-state index contributed by atoms with van der Waals surface area (Å²) < 4.78 is 0. The number of hydrogen-bond donors (Lipinski definition) is 8. The van der Waals surface area contributed by atoms with E-state index in [2.05, 4.69) is 10.6 Å². The van der Waals surface area contributed by atoms with Crippen molar-refractivity contribution in [3.05, 3.63) is 0 Å². The average Bonchev–Trinajstić information content (AvgIpc) is 2.69. The van der Waals surface area contributed by atoms with Crippen molar-refractivity contribution >= 4 is 35.6 Å². The Morgan fingerprint density at radius 3 is 1.73 bits per heavy atom. The zero-order valence-electron chi connectivity index (χ0n) is 18.6. The van der Waals surface area contributed by atoms with Crippen LogP contribution in [0.5, 0.6) is 0 Å². The molecule has 0 radical (unpaired) electrons. The van der Waals surface area contributed by atoms with Crippen LogP contribution in [0.3, 0.4) is 0 Å². The number of carbonyl (C=O) groups excluding carboxylic acids is 3. The lowest BCUT2D eigenvalue weighted by Crippen LogP contribution is -2.58. The molecule has 0 aromatic rings. The summed E-state index contributed by atoms with van der Waals surface area (Å²) >= 11 is 0. The molecule has 0 bridgehead atoms. The molecule has 0 heterocycles. The fraction of sp³-hybridized carbons (Fsp3) is 0.684. The maximum absolute atomic E-state index is 12.7. The SMILES string of the molecule is CC(C)C(NC(=O)C(N)CCCCN)C(=O)NC(CC(=O)O)C(=O)NC(CC(=O)O)C(=O)O. The second-order valence-electron chi connectivity index (χ2n) is 7.78. The molecule has 0 aromatic carbocycles. The zero-order valence-corrected chi connectivity index (χ0v) is 18.6. The molecule has 10 N–H and O–H groups in total. The molecule has 0 spiro atoms. The molecule has 0 fully saturated rings. The molecule has 0 saturated heterocycles. The third kappa shape index (κ3) is 11.8. The normalized spacial score (nSPS) is 14.5. The molecule has 14 heteroatoms. The predicted octanol–water partition coefficient (Wildman–Crippen LogP) is -2.41. The first-order valence-electron chi connectivity index (χ1n) is 10.3. The number of amides is 3. The second-order valence-corrected chi connectivity index (χ2v) is 7.78. The number of carbonyl (C=O) groups is 6. The van der Waals surface area contributed by atoms with Gasteiger partial charge in [0.25, 0.3) is 0 Å². The fourth-order valence-corrected chi connectivity index (χ4v) is 2.73. The van der Waals surface area contributed by atoms with Gasteiger partial charge < -0.3 is 42.7 Å². The summed E-state index contributed by atoms with van der Waals surface area (Å²) in [4.78, 5) is 70.6. The van der Waals surface area contributed by atoms with Gasteiger partial charge in [-0.1, -0.05) is 20.3 Å². The Hall–Kier alpha value is -3.26. The van der Waals surface area contributed by atoms with E-state index >= 15 is 0 Å². The number of hydrogen-bond acceptors (Lipinski definition) is 8. The van der Waals surface area contributed by atoms with Crippen LogP contribution < -0.4 is 27.4 Å². The van der Waals surface area contributed by atoms with Crippen LogP contribution in [-0.2, 0) is 28.8 Å². The van der Waals surface area contributed by atoms with E-state index < -0.39 is 78.6 Å². The van der Waals surface area contributed by atoms with Crippen LogP contribution in [0.4, 0.5) is 0 Å². The highest BCUT2D eigenvalue weighted by Gasteiger charge is 2.33. The predicted molar refractivity (Wildman–Crippen MR) is 114 cm³/mol. The van der Waals surface area contributed by atoms with Crippen molar-refractivity contribution < 1.29 is 44.1 Å². The Kier molecular flexibility index (Phi) is 13.3. The third-order valence-corrected chi connectivity index (χ3v) is 4.56. The highest BCUT2D eigenvalue weighted by Crippen LogP contribution is 2.06. The summed E-state index contributed by atoms with van der Waals surface area (Å²) in [5.41, 5.74) is 11.2. The van der Waals surface area contributed by atoms with Crippen molar-refractivity contribution in [3.63, 3.8) is 0 Å². The summed E-state index contributed by atoms with van der Waals surface area (Å²) in [5.74, 6) is -7.82. The van der Waals surface area contributed by atoms with Crippen molar-refractivity contribution in [3.8, 4) is 0 Å². The molecule has 4 unspecified atom stereocenters. The van der Waals surface area contributed by atoms with Gasteiger partial charge in [0.05, 0.1) is 18.9 Å². The lowest BCUT2D eigenvalue weighted by atomic mass is 10.0. The first-order valence-corrected chi connectivity index (χ1v) is 10.3. The summed E-state index contributed by atoms with van der Waals surface area (Å²) in [5, 5.41) is 33.4. The highest BCUT2D eigenvalue weighted by atomic mass is 16.4. The van der Waals surface area contributed by atoms with Crippen LogP contribution in [0, 0.1) is 5.92 Å². The van der Waals surface area contributed by atoms with Crippen molar-refractivity contribution in [1.29, 1.82) is 0 Å². The molecule has 0 rings (SSSR count). The second kappa shape index (κ2) is 14.7. The van der Waals surface area contributed by atoms with Crippen LogP contribution in [0.2, 0.25) is 0 Å². The van der Waals surface area contributed by atoms with Gasteiger partial charge in [0.2, 0.25) is 17.7 Å². The maximum atomic E-state index is 12.7. The Morgan fingerprint density at radius 1 is 0.758 bits per heavy atom. The molecular weight excluding hydrogens is 442 g/mol. The first kappa shape index (κ1) is 29.7. The van der Waals surface area contributed by atoms with Gasteiger partial charge in [0.15, 0.2) is 0 Å². The van der Waals surface area contributed by atoms with Crippen LogP contribution in [0.15, 0.2) is 0 Å². The van der Waals surface area contributed by atoms with E-state index in [1.807, 2.05) is 5.32 Å². The lowest BCUT2D eigenvalue weighted by molar-refractivity contribution is -0.148. The van der Waals surface area contributed by atoms with Gasteiger partial charge in [-0.25, -0.2) is 4.79 Å². The van der Waals surface area contributed by atoms with Crippen molar-refractivity contribution in [1.82, 2.24) is 16.0 Å². The summed E-state index contributed by atoms with van der Waals surface area (Å²) in [6.45, 7) is 3.64. The monoisotopic (exact) mass is 475 g/mol. The summed E-state index contributed by atoms with van der Waals surface area (Å²) in [6, 6.07) is -5.63. The van der Waals surface area contributed by atoms with Gasteiger partial charge in [-0.15, -0.1) is 0 Å². The number of carboxylic acid groups (broad SMARTS) is 3. The molecule has 0 saturated carbocycles. The number of unbranched alkanes of at least 4 members (excludes halogenated alkanes) is 1. The number of aliphatic carboxylic acids is 3. The maximum Gasteiger partial charge on any atom is 0.326 e. The van der Waals surface area contributed by atoms with E-state index in [1.54, 1.807) is 13.8 Å². The van der Waals surface area contributed by atoms with Crippen LogP contribution in [-0.4, -0.2) is 81.7 Å². The molecule has 3 amide bonds. The Morgan fingerprint density at radius 2 is 1.27 bits per heavy atom. The van der Waals surface area contributed by atoms with E-state index in [0.717, 1.165) is 0 Å². The summed E-state index contributed by atoms with van der Waals surface area (Å²) in [7, 11) is 0. The molecule has 14 nitrogen and oxygen atoms in total. The molecule has 0 aliphatic rings. The van der Waals surface area contributed by atoms with Crippen LogP contribution in [0.25, 0.3) is 0 Å².